The first-order valence-corrected chi connectivity index (χ1v) is 8.44. The highest BCUT2D eigenvalue weighted by Gasteiger charge is 2.21. The molecule has 0 aliphatic heterocycles. The van der Waals surface area contributed by atoms with Crippen molar-refractivity contribution in [2.75, 3.05) is 7.05 Å². The zero-order chi connectivity index (χ0) is 13.7. The molecule has 108 valence electrons. The van der Waals surface area contributed by atoms with Gasteiger partial charge in [0.2, 0.25) is 10.0 Å². The number of rotatable bonds is 5. The fourth-order valence-corrected chi connectivity index (χ4v) is 3.87. The van der Waals surface area contributed by atoms with Crippen LogP contribution in [-0.4, -0.2) is 26.5 Å². The van der Waals surface area contributed by atoms with Crippen molar-refractivity contribution in [3.8, 4) is 0 Å². The molecule has 0 atom stereocenters. The van der Waals surface area contributed by atoms with E-state index >= 15 is 0 Å². The summed E-state index contributed by atoms with van der Waals surface area (Å²) in [6.07, 6.45) is 8.13. The Hall–Kier alpha value is -0.850. The molecular formula is C13H23N3O2S. The molecule has 1 heterocycles. The quantitative estimate of drug-likeness (QED) is 0.721. The summed E-state index contributed by atoms with van der Waals surface area (Å²) >= 11 is 0. The monoisotopic (exact) mass is 285 g/mol. The van der Waals surface area contributed by atoms with Crippen LogP contribution >= 0.6 is 0 Å². The second kappa shape index (κ2) is 6.54. The van der Waals surface area contributed by atoms with Crippen LogP contribution in [0.2, 0.25) is 0 Å². The van der Waals surface area contributed by atoms with Gasteiger partial charge >= 0.3 is 0 Å². The summed E-state index contributed by atoms with van der Waals surface area (Å²) in [4.78, 5) is 3.32. The Morgan fingerprint density at radius 3 is 2.58 bits per heavy atom. The van der Waals surface area contributed by atoms with E-state index in [0.717, 1.165) is 31.4 Å². The maximum absolute atomic E-state index is 12.3. The first kappa shape index (κ1) is 14.6. The maximum atomic E-state index is 12.3. The van der Waals surface area contributed by atoms with Crippen LogP contribution in [0.25, 0.3) is 0 Å². The van der Waals surface area contributed by atoms with Crippen molar-refractivity contribution in [3.05, 3.63) is 18.0 Å². The lowest BCUT2D eigenvalue weighted by atomic mass is 10.1. The predicted molar refractivity (Wildman–Crippen MR) is 75.4 cm³/mol. The fourth-order valence-electron chi connectivity index (χ4n) is 2.55. The lowest BCUT2D eigenvalue weighted by molar-refractivity contribution is 0.510. The Morgan fingerprint density at radius 1 is 1.26 bits per heavy atom. The van der Waals surface area contributed by atoms with Gasteiger partial charge < -0.3 is 10.3 Å². The van der Waals surface area contributed by atoms with E-state index in [1.807, 2.05) is 7.05 Å². The lowest BCUT2D eigenvalue weighted by Gasteiger charge is -2.15. The maximum Gasteiger partial charge on any atom is 0.242 e. The average Bonchev–Trinajstić information content (AvgIpc) is 2.69. The summed E-state index contributed by atoms with van der Waals surface area (Å²) < 4.78 is 27.4. The molecule has 3 N–H and O–H groups in total. The minimum absolute atomic E-state index is 0.0927. The Kier molecular flexibility index (Phi) is 5.01. The van der Waals surface area contributed by atoms with E-state index < -0.39 is 10.0 Å². The van der Waals surface area contributed by atoms with Crippen LogP contribution in [0.1, 0.15) is 44.2 Å². The highest BCUT2D eigenvalue weighted by Crippen LogP contribution is 2.19. The van der Waals surface area contributed by atoms with Crippen molar-refractivity contribution in [3.63, 3.8) is 0 Å². The van der Waals surface area contributed by atoms with E-state index in [0.29, 0.717) is 11.4 Å². The molecule has 0 amide bonds. The topological polar surface area (TPSA) is 74.0 Å². The molecule has 6 heteroatoms. The van der Waals surface area contributed by atoms with Crippen LogP contribution in [0.4, 0.5) is 0 Å². The summed E-state index contributed by atoms with van der Waals surface area (Å²) in [6, 6.07) is 1.78. The Balaban J connectivity index is 2.03. The summed E-state index contributed by atoms with van der Waals surface area (Å²) in [6.45, 7) is 0.638. The van der Waals surface area contributed by atoms with E-state index in [9.17, 15) is 8.42 Å². The lowest BCUT2D eigenvalue weighted by Crippen LogP contribution is -2.34. The predicted octanol–water partition coefficient (Wildman–Crippen LogP) is 1.74. The number of hydrogen-bond acceptors (Lipinski definition) is 3. The number of nitrogens with one attached hydrogen (secondary N) is 3. The molecule has 5 nitrogen and oxygen atoms in total. The van der Waals surface area contributed by atoms with Gasteiger partial charge in [-0.3, -0.25) is 0 Å². The van der Waals surface area contributed by atoms with Gasteiger partial charge in [-0.25, -0.2) is 13.1 Å². The van der Waals surface area contributed by atoms with Gasteiger partial charge in [-0.1, -0.05) is 25.7 Å². The molecule has 1 aromatic heterocycles. The van der Waals surface area contributed by atoms with Gasteiger partial charge in [-0.15, -0.1) is 0 Å². The fraction of sp³-hybridized carbons (Fsp3) is 0.692. The van der Waals surface area contributed by atoms with Crippen LogP contribution in [0.5, 0.6) is 0 Å². The van der Waals surface area contributed by atoms with Crippen LogP contribution < -0.4 is 10.0 Å². The Labute approximate surface area is 115 Å². The van der Waals surface area contributed by atoms with Gasteiger partial charge in [0, 0.05) is 24.5 Å². The highest BCUT2D eigenvalue weighted by molar-refractivity contribution is 7.89. The normalized spacial score (nSPS) is 18.4. The largest absolute Gasteiger partial charge is 0.363 e. The molecule has 1 aromatic rings. The van der Waals surface area contributed by atoms with Crippen LogP contribution in [0.15, 0.2) is 17.2 Å². The van der Waals surface area contributed by atoms with Gasteiger partial charge in [0.1, 0.15) is 0 Å². The first-order chi connectivity index (χ1) is 9.12. The van der Waals surface area contributed by atoms with Crippen molar-refractivity contribution < 1.29 is 8.42 Å². The second-order valence-corrected chi connectivity index (χ2v) is 6.91. The van der Waals surface area contributed by atoms with Gasteiger partial charge in [0.15, 0.2) is 0 Å². The molecule has 1 aliphatic carbocycles. The minimum Gasteiger partial charge on any atom is -0.363 e. The molecule has 0 spiro atoms. The number of hydrogen-bond donors (Lipinski definition) is 3. The van der Waals surface area contributed by atoms with Gasteiger partial charge in [0.25, 0.3) is 0 Å². The van der Waals surface area contributed by atoms with Crippen LogP contribution in [-0.2, 0) is 16.6 Å². The average molecular weight is 285 g/mol. The summed E-state index contributed by atoms with van der Waals surface area (Å²) in [5.41, 5.74) is 0.878. The van der Waals surface area contributed by atoms with Crippen molar-refractivity contribution in [2.45, 2.75) is 56.0 Å². The zero-order valence-corrected chi connectivity index (χ0v) is 12.2. The third-order valence-corrected chi connectivity index (χ3v) is 5.07. The molecule has 1 aliphatic rings. The SMILES string of the molecule is CNCc1cc(S(=O)(=O)NC2CCCCCC2)c[nH]1. The molecule has 1 fully saturated rings. The molecule has 0 radical (unpaired) electrons. The molecule has 0 bridgehead atoms. The van der Waals surface area contributed by atoms with E-state index in [1.165, 1.54) is 12.8 Å². The third-order valence-electron chi connectivity index (χ3n) is 3.57. The Morgan fingerprint density at radius 2 is 1.95 bits per heavy atom. The van der Waals surface area contributed by atoms with E-state index in [4.69, 9.17) is 0 Å². The van der Waals surface area contributed by atoms with Crippen LogP contribution in [0, 0.1) is 0 Å². The number of aromatic nitrogens is 1. The smallest absolute Gasteiger partial charge is 0.242 e. The molecule has 0 saturated heterocycles. The zero-order valence-electron chi connectivity index (χ0n) is 11.4. The standard InChI is InChI=1S/C13H23N3O2S/c1-14-9-12-8-13(10-15-12)19(17,18)16-11-6-4-2-3-5-7-11/h8,10-11,14-16H,2-7,9H2,1H3. The van der Waals surface area contributed by atoms with E-state index in [2.05, 4.69) is 15.0 Å². The molecule has 19 heavy (non-hydrogen) atoms. The number of aromatic amines is 1. The molecule has 0 aromatic carbocycles. The summed E-state index contributed by atoms with van der Waals surface area (Å²) in [5, 5.41) is 2.99. The first-order valence-electron chi connectivity index (χ1n) is 6.96. The second-order valence-electron chi connectivity index (χ2n) is 5.20. The minimum atomic E-state index is -3.38. The number of H-pyrrole nitrogens is 1. The van der Waals surface area contributed by atoms with Crippen molar-refractivity contribution in [1.82, 2.24) is 15.0 Å². The molecule has 0 unspecified atom stereocenters. The van der Waals surface area contributed by atoms with Crippen molar-refractivity contribution >= 4 is 10.0 Å². The highest BCUT2D eigenvalue weighted by atomic mass is 32.2. The number of sulfonamides is 1. The van der Waals surface area contributed by atoms with Gasteiger partial charge in [-0.05, 0) is 26.0 Å². The van der Waals surface area contributed by atoms with Gasteiger partial charge in [-0.2, -0.15) is 0 Å². The van der Waals surface area contributed by atoms with E-state index in [-0.39, 0.29) is 6.04 Å². The van der Waals surface area contributed by atoms with Gasteiger partial charge in [0.05, 0.1) is 4.90 Å². The molecule has 1 saturated carbocycles. The van der Waals surface area contributed by atoms with Crippen LogP contribution in [0.3, 0.4) is 0 Å². The third kappa shape index (κ3) is 4.06. The summed E-state index contributed by atoms with van der Waals surface area (Å²) in [5.74, 6) is 0. The molecular weight excluding hydrogens is 262 g/mol. The van der Waals surface area contributed by atoms with E-state index in [1.54, 1.807) is 12.3 Å². The summed E-state index contributed by atoms with van der Waals surface area (Å²) in [7, 11) is -1.55. The van der Waals surface area contributed by atoms with Crippen molar-refractivity contribution in [2.24, 2.45) is 0 Å². The Bertz CT molecular complexity index is 488. The van der Waals surface area contributed by atoms with Crippen molar-refractivity contribution in [1.29, 1.82) is 0 Å². The molecule has 2 rings (SSSR count).